The van der Waals surface area contributed by atoms with E-state index in [1.165, 1.54) is 6.20 Å². The fraction of sp³-hybridized carbons (Fsp3) is 0.750. The van der Waals surface area contributed by atoms with Gasteiger partial charge >= 0.3 is 6.18 Å². The third-order valence-corrected chi connectivity index (χ3v) is 4.83. The Balaban J connectivity index is 2.29. The first-order valence-electron chi connectivity index (χ1n) is 6.18. The molecule has 1 saturated carbocycles. The number of methoxy groups -OCH3 is 1. The van der Waals surface area contributed by atoms with Crippen molar-refractivity contribution < 1.29 is 17.9 Å². The largest absolute Gasteiger partial charge is 0.443 e. The van der Waals surface area contributed by atoms with E-state index >= 15 is 0 Å². The van der Waals surface area contributed by atoms with Crippen LogP contribution >= 0.6 is 11.3 Å². The molecule has 0 amide bonds. The SMILES string of the molecule is CNC(c1cnc(C(F)(F)F)s1)C1(OC)CCCC1. The molecule has 1 unspecified atom stereocenters. The number of hydrogen-bond acceptors (Lipinski definition) is 4. The van der Waals surface area contributed by atoms with Crippen LogP contribution in [0.25, 0.3) is 0 Å². The molecule has 7 heteroatoms. The van der Waals surface area contributed by atoms with Crippen LogP contribution in [0.1, 0.15) is 41.6 Å². The lowest BCUT2D eigenvalue weighted by Gasteiger charge is -2.35. The fourth-order valence-corrected chi connectivity index (χ4v) is 3.80. The summed E-state index contributed by atoms with van der Waals surface area (Å²) in [6, 6.07) is -0.242. The number of aromatic nitrogens is 1. The molecule has 0 aliphatic heterocycles. The molecule has 19 heavy (non-hydrogen) atoms. The molecule has 1 heterocycles. The smallest absolute Gasteiger partial charge is 0.376 e. The fourth-order valence-electron chi connectivity index (χ4n) is 2.80. The maximum Gasteiger partial charge on any atom is 0.443 e. The van der Waals surface area contributed by atoms with Gasteiger partial charge in [0.25, 0.3) is 0 Å². The van der Waals surface area contributed by atoms with Gasteiger partial charge in [-0.3, -0.25) is 0 Å². The summed E-state index contributed by atoms with van der Waals surface area (Å²) in [4.78, 5) is 4.07. The van der Waals surface area contributed by atoms with Gasteiger partial charge in [0.15, 0.2) is 5.01 Å². The third kappa shape index (κ3) is 2.78. The molecule has 0 spiro atoms. The van der Waals surface area contributed by atoms with Gasteiger partial charge in [-0.2, -0.15) is 13.2 Å². The maximum absolute atomic E-state index is 12.6. The monoisotopic (exact) mass is 294 g/mol. The molecular weight excluding hydrogens is 277 g/mol. The molecule has 0 saturated heterocycles. The Labute approximate surface area is 114 Å². The van der Waals surface area contributed by atoms with Crippen LogP contribution in [-0.4, -0.2) is 24.7 Å². The summed E-state index contributed by atoms with van der Waals surface area (Å²) in [7, 11) is 3.37. The van der Waals surface area contributed by atoms with Gasteiger partial charge in [0.2, 0.25) is 0 Å². The van der Waals surface area contributed by atoms with E-state index in [1.54, 1.807) is 14.2 Å². The number of halogens is 3. The van der Waals surface area contributed by atoms with E-state index in [0.29, 0.717) is 16.2 Å². The molecule has 0 aromatic carbocycles. The van der Waals surface area contributed by atoms with E-state index in [-0.39, 0.29) is 6.04 Å². The van der Waals surface area contributed by atoms with Crippen LogP contribution in [0.5, 0.6) is 0 Å². The van der Waals surface area contributed by atoms with Crippen molar-refractivity contribution in [1.82, 2.24) is 10.3 Å². The summed E-state index contributed by atoms with van der Waals surface area (Å²) in [6.45, 7) is 0. The molecule has 1 aromatic heterocycles. The topological polar surface area (TPSA) is 34.2 Å². The van der Waals surface area contributed by atoms with Crippen molar-refractivity contribution in [2.75, 3.05) is 14.2 Å². The van der Waals surface area contributed by atoms with Crippen molar-refractivity contribution in [3.63, 3.8) is 0 Å². The third-order valence-electron chi connectivity index (χ3n) is 3.72. The summed E-state index contributed by atoms with van der Waals surface area (Å²) in [5.74, 6) is 0. The van der Waals surface area contributed by atoms with Crippen LogP contribution in [0.15, 0.2) is 6.20 Å². The first-order chi connectivity index (χ1) is 8.93. The number of rotatable bonds is 4. The van der Waals surface area contributed by atoms with Crippen molar-refractivity contribution in [3.05, 3.63) is 16.1 Å². The molecule has 0 radical (unpaired) electrons. The highest BCUT2D eigenvalue weighted by molar-refractivity contribution is 7.11. The second-order valence-corrected chi connectivity index (χ2v) is 5.83. The minimum absolute atomic E-state index is 0.242. The van der Waals surface area contributed by atoms with Crippen molar-refractivity contribution in [3.8, 4) is 0 Å². The van der Waals surface area contributed by atoms with Crippen molar-refractivity contribution in [2.24, 2.45) is 0 Å². The zero-order valence-corrected chi connectivity index (χ0v) is 11.7. The van der Waals surface area contributed by atoms with Crippen LogP contribution in [0, 0.1) is 0 Å². The van der Waals surface area contributed by atoms with Crippen molar-refractivity contribution >= 4 is 11.3 Å². The predicted molar refractivity (Wildman–Crippen MR) is 67.1 cm³/mol. The van der Waals surface area contributed by atoms with Crippen LogP contribution in [0.2, 0.25) is 0 Å². The molecule has 1 fully saturated rings. The molecular formula is C12H17F3N2OS. The van der Waals surface area contributed by atoms with Gasteiger partial charge in [0.05, 0.1) is 11.6 Å². The Kier molecular flexibility index (Phi) is 4.17. The number of likely N-dealkylation sites (N-methyl/N-ethyl adjacent to an activating group) is 1. The minimum atomic E-state index is -4.38. The van der Waals surface area contributed by atoms with E-state index in [9.17, 15) is 13.2 Å². The number of nitrogens with one attached hydrogen (secondary N) is 1. The summed E-state index contributed by atoms with van der Waals surface area (Å²) in [6.07, 6.45) is 0.723. The van der Waals surface area contributed by atoms with E-state index in [0.717, 1.165) is 25.7 Å². The molecule has 1 atom stereocenters. The van der Waals surface area contributed by atoms with Gasteiger partial charge in [-0.15, -0.1) is 11.3 Å². The number of thiazole rings is 1. The Hall–Kier alpha value is -0.660. The molecule has 2 rings (SSSR count). The highest BCUT2D eigenvalue weighted by Gasteiger charge is 2.44. The van der Waals surface area contributed by atoms with Gasteiger partial charge in [-0.1, -0.05) is 12.8 Å². The van der Waals surface area contributed by atoms with Crippen molar-refractivity contribution in [2.45, 2.75) is 43.5 Å². The second-order valence-electron chi connectivity index (χ2n) is 4.76. The van der Waals surface area contributed by atoms with Crippen LogP contribution < -0.4 is 5.32 Å². The zero-order valence-electron chi connectivity index (χ0n) is 10.9. The van der Waals surface area contributed by atoms with Crippen LogP contribution in [0.4, 0.5) is 13.2 Å². The van der Waals surface area contributed by atoms with Gasteiger partial charge in [0.1, 0.15) is 0 Å². The molecule has 1 aliphatic carbocycles. The number of nitrogens with zero attached hydrogens (tertiary/aromatic N) is 1. The molecule has 3 nitrogen and oxygen atoms in total. The van der Waals surface area contributed by atoms with E-state index in [2.05, 4.69) is 10.3 Å². The van der Waals surface area contributed by atoms with E-state index in [1.807, 2.05) is 0 Å². The maximum atomic E-state index is 12.6. The molecule has 0 bridgehead atoms. The van der Waals surface area contributed by atoms with Gasteiger partial charge in [0, 0.05) is 18.2 Å². The van der Waals surface area contributed by atoms with E-state index in [4.69, 9.17) is 4.74 Å². The quantitative estimate of drug-likeness (QED) is 0.924. The van der Waals surface area contributed by atoms with E-state index < -0.39 is 16.8 Å². The Morgan fingerprint density at radius 3 is 2.47 bits per heavy atom. The highest BCUT2D eigenvalue weighted by atomic mass is 32.1. The number of hydrogen-bond donors (Lipinski definition) is 1. The Morgan fingerprint density at radius 1 is 1.42 bits per heavy atom. The molecule has 1 aliphatic rings. The Morgan fingerprint density at radius 2 is 2.05 bits per heavy atom. The lowest BCUT2D eigenvalue weighted by molar-refractivity contribution is -0.137. The standard InChI is InChI=1S/C12H17F3N2OS/c1-16-9(11(18-2)5-3-4-6-11)8-7-17-10(19-8)12(13,14)15/h7,9,16H,3-6H2,1-2H3. The predicted octanol–water partition coefficient (Wildman–Crippen LogP) is 3.38. The van der Waals surface area contributed by atoms with Crippen molar-refractivity contribution in [1.29, 1.82) is 0 Å². The zero-order chi connectivity index (χ0) is 14.1. The first kappa shape index (κ1) is 14.7. The second kappa shape index (κ2) is 5.38. The minimum Gasteiger partial charge on any atom is -0.376 e. The van der Waals surface area contributed by atoms with Gasteiger partial charge in [-0.25, -0.2) is 4.98 Å². The van der Waals surface area contributed by atoms with Gasteiger partial charge < -0.3 is 10.1 Å². The van der Waals surface area contributed by atoms with Crippen LogP contribution in [0.3, 0.4) is 0 Å². The molecule has 1 aromatic rings. The Bertz CT molecular complexity index is 427. The average Bonchev–Trinajstić information content (AvgIpc) is 2.98. The van der Waals surface area contributed by atoms with Crippen LogP contribution in [-0.2, 0) is 10.9 Å². The molecule has 1 N–H and O–H groups in total. The van der Waals surface area contributed by atoms with Gasteiger partial charge in [-0.05, 0) is 19.9 Å². The normalized spacial score (nSPS) is 20.7. The number of ether oxygens (including phenoxy) is 1. The summed E-state index contributed by atoms with van der Waals surface area (Å²) in [5.41, 5.74) is -0.413. The number of alkyl halides is 3. The average molecular weight is 294 g/mol. The lowest BCUT2D eigenvalue weighted by Crippen LogP contribution is -2.41. The lowest BCUT2D eigenvalue weighted by atomic mass is 9.91. The summed E-state index contributed by atoms with van der Waals surface area (Å²) < 4.78 is 43.5. The summed E-state index contributed by atoms with van der Waals surface area (Å²) in [5, 5.41) is 2.30. The summed E-state index contributed by atoms with van der Waals surface area (Å²) >= 11 is 0.695. The molecule has 108 valence electrons. The first-order valence-corrected chi connectivity index (χ1v) is 7.00. The highest BCUT2D eigenvalue weighted by Crippen LogP contribution is 2.45.